The Balaban J connectivity index is 2.01. The van der Waals surface area contributed by atoms with Crippen LogP contribution in [-0.2, 0) is 16.0 Å². The highest BCUT2D eigenvalue weighted by Crippen LogP contribution is 2.18. The van der Waals surface area contributed by atoms with E-state index in [1.807, 2.05) is 25.1 Å². The van der Waals surface area contributed by atoms with Gasteiger partial charge in [0.15, 0.2) is 0 Å². The molecule has 1 fully saturated rings. The first kappa shape index (κ1) is 14.3. The van der Waals surface area contributed by atoms with E-state index < -0.39 is 0 Å². The van der Waals surface area contributed by atoms with Crippen molar-refractivity contribution in [2.45, 2.75) is 25.6 Å². The summed E-state index contributed by atoms with van der Waals surface area (Å²) in [7, 11) is 0. The van der Waals surface area contributed by atoms with Gasteiger partial charge in [-0.25, -0.2) is 0 Å². The molecule has 1 aliphatic rings. The minimum Gasteiger partial charge on any atom is -0.394 e. The predicted molar refractivity (Wildman–Crippen MR) is 73.2 cm³/mol. The van der Waals surface area contributed by atoms with E-state index in [1.54, 1.807) is 11.0 Å². The fourth-order valence-corrected chi connectivity index (χ4v) is 2.47. The molecule has 1 aromatic carbocycles. The van der Waals surface area contributed by atoms with E-state index in [-0.39, 0.29) is 31.1 Å². The van der Waals surface area contributed by atoms with Crippen molar-refractivity contribution >= 4 is 17.5 Å². The molecule has 1 saturated heterocycles. The lowest BCUT2D eigenvalue weighted by Crippen LogP contribution is -2.50. The zero-order valence-electron chi connectivity index (χ0n) is 10.9. The molecule has 19 heavy (non-hydrogen) atoms. The summed E-state index contributed by atoms with van der Waals surface area (Å²) in [5.74, 6) is 0.0155. The second-order valence-corrected chi connectivity index (χ2v) is 5.23. The van der Waals surface area contributed by atoms with Gasteiger partial charge in [-0.15, -0.1) is 0 Å². The summed E-state index contributed by atoms with van der Waals surface area (Å²) in [6.07, 6.45) is -0.0649. The van der Waals surface area contributed by atoms with Gasteiger partial charge in [0.25, 0.3) is 0 Å². The normalized spacial score (nSPS) is 23.4. The summed E-state index contributed by atoms with van der Waals surface area (Å²) in [6.45, 7) is 2.82. The maximum Gasteiger partial charge on any atom is 0.227 e. The Morgan fingerprint density at radius 3 is 2.89 bits per heavy atom. The van der Waals surface area contributed by atoms with Crippen LogP contribution >= 0.6 is 11.6 Å². The Morgan fingerprint density at radius 1 is 1.47 bits per heavy atom. The van der Waals surface area contributed by atoms with Gasteiger partial charge in [-0.2, -0.15) is 0 Å². The van der Waals surface area contributed by atoms with Crippen molar-refractivity contribution in [3.05, 3.63) is 34.9 Å². The number of aliphatic hydroxyl groups is 1. The van der Waals surface area contributed by atoms with Crippen molar-refractivity contribution in [1.82, 2.24) is 4.90 Å². The van der Waals surface area contributed by atoms with Gasteiger partial charge < -0.3 is 14.7 Å². The molecule has 1 heterocycles. The van der Waals surface area contributed by atoms with E-state index in [0.29, 0.717) is 18.1 Å². The Hall–Kier alpha value is -1.10. The molecular weight excluding hydrogens is 266 g/mol. The fraction of sp³-hybridized carbons (Fsp3) is 0.500. The molecule has 0 aromatic heterocycles. The number of aliphatic hydroxyl groups excluding tert-OH is 1. The molecule has 1 aliphatic heterocycles. The molecule has 2 unspecified atom stereocenters. The minimum absolute atomic E-state index is 0.0155. The summed E-state index contributed by atoms with van der Waals surface area (Å²) < 4.78 is 5.52. The third kappa shape index (κ3) is 3.69. The first-order valence-electron chi connectivity index (χ1n) is 6.37. The van der Waals surface area contributed by atoms with Crippen LogP contribution in [0.1, 0.15) is 12.5 Å². The summed E-state index contributed by atoms with van der Waals surface area (Å²) in [5.41, 5.74) is 0.828. The molecule has 2 rings (SSSR count). The van der Waals surface area contributed by atoms with Gasteiger partial charge in [0, 0.05) is 18.1 Å². The van der Waals surface area contributed by atoms with Crippen molar-refractivity contribution in [2.24, 2.45) is 0 Å². The minimum atomic E-state index is -0.293. The number of morpholine rings is 1. The SMILES string of the molecule is CC1CN(C(=O)Cc2ccccc2Cl)CC(CO)O1. The van der Waals surface area contributed by atoms with Gasteiger partial charge in [0.05, 0.1) is 25.2 Å². The lowest BCUT2D eigenvalue weighted by atomic mass is 10.1. The summed E-state index contributed by atoms with van der Waals surface area (Å²) in [5, 5.41) is 9.77. The van der Waals surface area contributed by atoms with E-state index >= 15 is 0 Å². The van der Waals surface area contributed by atoms with E-state index in [9.17, 15) is 4.79 Å². The number of hydrogen-bond acceptors (Lipinski definition) is 3. The third-order valence-electron chi connectivity index (χ3n) is 3.18. The van der Waals surface area contributed by atoms with E-state index in [1.165, 1.54) is 0 Å². The van der Waals surface area contributed by atoms with Crippen LogP contribution in [0.15, 0.2) is 24.3 Å². The third-order valence-corrected chi connectivity index (χ3v) is 3.55. The lowest BCUT2D eigenvalue weighted by molar-refractivity contribution is -0.146. The highest BCUT2D eigenvalue weighted by molar-refractivity contribution is 6.31. The number of carbonyl (C=O) groups is 1. The van der Waals surface area contributed by atoms with E-state index in [0.717, 1.165) is 5.56 Å². The maximum absolute atomic E-state index is 12.3. The lowest BCUT2D eigenvalue weighted by Gasteiger charge is -2.36. The van der Waals surface area contributed by atoms with Crippen LogP contribution in [0.4, 0.5) is 0 Å². The molecular formula is C14H18ClNO3. The predicted octanol–water partition coefficient (Wildman–Crippen LogP) is 1.49. The van der Waals surface area contributed by atoms with Crippen LogP contribution < -0.4 is 0 Å². The van der Waals surface area contributed by atoms with Gasteiger partial charge in [0.2, 0.25) is 5.91 Å². The molecule has 2 atom stereocenters. The summed E-state index contributed by atoms with van der Waals surface area (Å²) in [6, 6.07) is 7.35. The van der Waals surface area contributed by atoms with E-state index in [4.69, 9.17) is 21.4 Å². The van der Waals surface area contributed by atoms with Crippen molar-refractivity contribution in [3.8, 4) is 0 Å². The number of ether oxygens (including phenoxy) is 1. The van der Waals surface area contributed by atoms with Crippen LogP contribution in [0.2, 0.25) is 5.02 Å². The van der Waals surface area contributed by atoms with Gasteiger partial charge in [0.1, 0.15) is 0 Å². The molecule has 0 saturated carbocycles. The molecule has 1 amide bonds. The molecule has 0 aliphatic carbocycles. The van der Waals surface area contributed by atoms with Crippen molar-refractivity contribution in [2.75, 3.05) is 19.7 Å². The molecule has 0 radical (unpaired) electrons. The van der Waals surface area contributed by atoms with Gasteiger partial charge in [-0.3, -0.25) is 4.79 Å². The summed E-state index contributed by atoms with van der Waals surface area (Å²) in [4.78, 5) is 14.0. The molecule has 1 N–H and O–H groups in total. The molecule has 5 heteroatoms. The summed E-state index contributed by atoms with van der Waals surface area (Å²) >= 11 is 6.06. The maximum atomic E-state index is 12.3. The number of nitrogens with zero attached hydrogens (tertiary/aromatic N) is 1. The Bertz CT molecular complexity index is 452. The largest absolute Gasteiger partial charge is 0.394 e. The molecule has 0 bridgehead atoms. The van der Waals surface area contributed by atoms with Crippen LogP contribution in [0.5, 0.6) is 0 Å². The first-order chi connectivity index (χ1) is 9.10. The standard InChI is InChI=1S/C14H18ClNO3/c1-10-7-16(8-12(9-17)19-10)14(18)6-11-4-2-3-5-13(11)15/h2-5,10,12,17H,6-9H2,1H3. The second-order valence-electron chi connectivity index (χ2n) is 4.82. The molecule has 104 valence electrons. The fourth-order valence-electron chi connectivity index (χ4n) is 2.27. The number of hydrogen-bond donors (Lipinski definition) is 1. The highest BCUT2D eigenvalue weighted by Gasteiger charge is 2.27. The Labute approximate surface area is 117 Å². The smallest absolute Gasteiger partial charge is 0.227 e. The second kappa shape index (κ2) is 6.37. The average molecular weight is 284 g/mol. The van der Waals surface area contributed by atoms with Crippen LogP contribution in [-0.4, -0.2) is 47.8 Å². The van der Waals surface area contributed by atoms with E-state index in [2.05, 4.69) is 0 Å². The molecule has 1 aromatic rings. The number of benzene rings is 1. The highest BCUT2D eigenvalue weighted by atomic mass is 35.5. The average Bonchev–Trinajstić information content (AvgIpc) is 2.40. The van der Waals surface area contributed by atoms with Crippen LogP contribution in [0, 0.1) is 0 Å². The zero-order chi connectivity index (χ0) is 13.8. The zero-order valence-corrected chi connectivity index (χ0v) is 11.6. The van der Waals surface area contributed by atoms with Gasteiger partial charge >= 0.3 is 0 Å². The number of amides is 1. The van der Waals surface area contributed by atoms with Crippen LogP contribution in [0.3, 0.4) is 0 Å². The number of carbonyl (C=O) groups excluding carboxylic acids is 1. The number of rotatable bonds is 3. The van der Waals surface area contributed by atoms with Crippen molar-refractivity contribution < 1.29 is 14.6 Å². The Morgan fingerprint density at radius 2 is 2.21 bits per heavy atom. The first-order valence-corrected chi connectivity index (χ1v) is 6.75. The number of halogens is 1. The van der Waals surface area contributed by atoms with Crippen molar-refractivity contribution in [1.29, 1.82) is 0 Å². The molecule has 4 nitrogen and oxygen atoms in total. The monoisotopic (exact) mass is 283 g/mol. The molecule has 0 spiro atoms. The topological polar surface area (TPSA) is 49.8 Å². The Kier molecular flexibility index (Phi) is 4.80. The quantitative estimate of drug-likeness (QED) is 0.914. The van der Waals surface area contributed by atoms with Crippen LogP contribution in [0.25, 0.3) is 0 Å². The van der Waals surface area contributed by atoms with Gasteiger partial charge in [-0.1, -0.05) is 29.8 Å². The van der Waals surface area contributed by atoms with Crippen molar-refractivity contribution in [3.63, 3.8) is 0 Å². The van der Waals surface area contributed by atoms with Gasteiger partial charge in [-0.05, 0) is 18.6 Å².